The molecule has 1 aromatic carbocycles. The van der Waals surface area contributed by atoms with E-state index in [4.69, 9.17) is 0 Å². The SMILES string of the molecule is Cc1[nH]cnc1CSCCNc1ncc(Cc2ccccc2)cc1C(=O)O. The number of aryl methyl sites for hydroxylation is 1. The number of anilines is 1. The zero-order valence-corrected chi connectivity index (χ0v) is 15.9. The van der Waals surface area contributed by atoms with Crippen molar-refractivity contribution in [1.82, 2.24) is 15.0 Å². The molecule has 140 valence electrons. The minimum absolute atomic E-state index is 0.205. The van der Waals surface area contributed by atoms with Crippen LogP contribution in [-0.4, -0.2) is 38.3 Å². The first-order chi connectivity index (χ1) is 13.1. The number of aromatic amines is 1. The van der Waals surface area contributed by atoms with Gasteiger partial charge in [0.2, 0.25) is 0 Å². The molecule has 2 aromatic heterocycles. The Morgan fingerprint density at radius 2 is 2.04 bits per heavy atom. The smallest absolute Gasteiger partial charge is 0.339 e. The summed E-state index contributed by atoms with van der Waals surface area (Å²) in [5.41, 5.74) is 4.35. The van der Waals surface area contributed by atoms with Gasteiger partial charge in [-0.1, -0.05) is 30.3 Å². The van der Waals surface area contributed by atoms with Gasteiger partial charge in [-0.2, -0.15) is 11.8 Å². The Hall–Kier alpha value is -2.80. The van der Waals surface area contributed by atoms with E-state index in [0.29, 0.717) is 18.8 Å². The van der Waals surface area contributed by atoms with Crippen LogP contribution in [0.3, 0.4) is 0 Å². The molecule has 2 heterocycles. The summed E-state index contributed by atoms with van der Waals surface area (Å²) in [4.78, 5) is 23.3. The standard InChI is InChI=1S/C20H22N4O2S/c1-14-18(24-13-23-14)12-27-8-7-21-19-17(20(25)26)10-16(11-22-19)9-15-5-3-2-4-6-15/h2-6,10-11,13H,7-9,12H2,1H3,(H,21,22)(H,23,24)(H,25,26). The number of aromatic nitrogens is 3. The van der Waals surface area contributed by atoms with Crippen molar-refractivity contribution in [2.45, 2.75) is 19.1 Å². The van der Waals surface area contributed by atoms with Crippen molar-refractivity contribution in [3.05, 3.63) is 77.0 Å². The number of rotatable bonds is 9. The summed E-state index contributed by atoms with van der Waals surface area (Å²) in [6.45, 7) is 2.64. The number of pyridine rings is 1. The van der Waals surface area contributed by atoms with Crippen LogP contribution in [0.4, 0.5) is 5.82 Å². The fourth-order valence-corrected chi connectivity index (χ4v) is 3.56. The van der Waals surface area contributed by atoms with Gasteiger partial charge in [0.05, 0.1) is 12.0 Å². The molecule has 27 heavy (non-hydrogen) atoms. The van der Waals surface area contributed by atoms with Gasteiger partial charge in [0.15, 0.2) is 0 Å². The molecule has 0 bridgehead atoms. The molecule has 0 aliphatic carbocycles. The molecule has 0 saturated carbocycles. The maximum absolute atomic E-state index is 11.6. The fraction of sp³-hybridized carbons (Fsp3) is 0.250. The van der Waals surface area contributed by atoms with Gasteiger partial charge in [-0.3, -0.25) is 0 Å². The third kappa shape index (κ3) is 5.34. The van der Waals surface area contributed by atoms with Crippen LogP contribution in [0.15, 0.2) is 48.9 Å². The number of carboxylic acid groups (broad SMARTS) is 1. The third-order valence-electron chi connectivity index (χ3n) is 4.14. The van der Waals surface area contributed by atoms with Crippen LogP contribution < -0.4 is 5.32 Å². The largest absolute Gasteiger partial charge is 0.478 e. The molecule has 0 amide bonds. The lowest BCUT2D eigenvalue weighted by Crippen LogP contribution is -2.12. The van der Waals surface area contributed by atoms with Crippen LogP contribution in [0.25, 0.3) is 0 Å². The first-order valence-corrected chi connectivity index (χ1v) is 9.85. The van der Waals surface area contributed by atoms with E-state index in [0.717, 1.165) is 34.0 Å². The summed E-state index contributed by atoms with van der Waals surface area (Å²) < 4.78 is 0. The van der Waals surface area contributed by atoms with Crippen LogP contribution in [-0.2, 0) is 12.2 Å². The number of benzene rings is 1. The predicted octanol–water partition coefficient (Wildman–Crippen LogP) is 3.75. The van der Waals surface area contributed by atoms with Crippen LogP contribution in [0.5, 0.6) is 0 Å². The summed E-state index contributed by atoms with van der Waals surface area (Å²) >= 11 is 1.74. The van der Waals surface area contributed by atoms with Crippen LogP contribution in [0.2, 0.25) is 0 Å². The zero-order valence-electron chi connectivity index (χ0n) is 15.1. The highest BCUT2D eigenvalue weighted by atomic mass is 32.2. The number of H-pyrrole nitrogens is 1. The van der Waals surface area contributed by atoms with Crippen molar-refractivity contribution in [2.24, 2.45) is 0 Å². The van der Waals surface area contributed by atoms with Crippen LogP contribution in [0, 0.1) is 6.92 Å². The van der Waals surface area contributed by atoms with Gasteiger partial charge in [0.25, 0.3) is 0 Å². The molecule has 0 aliphatic heterocycles. The van der Waals surface area contributed by atoms with Crippen LogP contribution >= 0.6 is 11.8 Å². The number of imidazole rings is 1. The zero-order chi connectivity index (χ0) is 19.1. The molecule has 0 saturated heterocycles. The monoisotopic (exact) mass is 382 g/mol. The molecule has 0 unspecified atom stereocenters. The Labute approximate surface area is 162 Å². The molecule has 0 radical (unpaired) electrons. The maximum Gasteiger partial charge on any atom is 0.339 e. The lowest BCUT2D eigenvalue weighted by molar-refractivity contribution is 0.0697. The summed E-state index contributed by atoms with van der Waals surface area (Å²) in [6.07, 6.45) is 4.10. The van der Waals surface area contributed by atoms with E-state index in [1.807, 2.05) is 37.3 Å². The normalized spacial score (nSPS) is 10.7. The second kappa shape index (κ2) is 9.23. The lowest BCUT2D eigenvalue weighted by atomic mass is 10.0. The molecule has 0 atom stereocenters. The van der Waals surface area contributed by atoms with Gasteiger partial charge >= 0.3 is 5.97 Å². The molecule has 3 rings (SSSR count). The minimum Gasteiger partial charge on any atom is -0.478 e. The Balaban J connectivity index is 1.56. The third-order valence-corrected chi connectivity index (χ3v) is 5.11. The maximum atomic E-state index is 11.6. The van der Waals surface area contributed by atoms with E-state index < -0.39 is 5.97 Å². The first kappa shape index (κ1) is 19.0. The molecule has 6 nitrogen and oxygen atoms in total. The van der Waals surface area contributed by atoms with Gasteiger partial charge in [-0.15, -0.1) is 0 Å². The second-order valence-corrected chi connectivity index (χ2v) is 7.27. The van der Waals surface area contributed by atoms with Crippen molar-refractivity contribution in [3.8, 4) is 0 Å². The second-order valence-electron chi connectivity index (χ2n) is 6.16. The number of aromatic carboxylic acids is 1. The lowest BCUT2D eigenvalue weighted by Gasteiger charge is -2.10. The average Bonchev–Trinajstić information content (AvgIpc) is 3.08. The Morgan fingerprint density at radius 3 is 2.74 bits per heavy atom. The molecule has 7 heteroatoms. The number of nitrogens with one attached hydrogen (secondary N) is 2. The fourth-order valence-electron chi connectivity index (χ4n) is 2.68. The van der Waals surface area contributed by atoms with E-state index in [1.165, 1.54) is 0 Å². The summed E-state index contributed by atoms with van der Waals surface area (Å²) in [5.74, 6) is 1.10. The number of thioether (sulfide) groups is 1. The number of carbonyl (C=O) groups is 1. The van der Waals surface area contributed by atoms with E-state index in [-0.39, 0.29) is 5.56 Å². The molecule has 3 aromatic rings. The Kier molecular flexibility index (Phi) is 6.49. The van der Waals surface area contributed by atoms with Gasteiger partial charge < -0.3 is 15.4 Å². The summed E-state index contributed by atoms with van der Waals surface area (Å²) in [7, 11) is 0. The molecule has 3 N–H and O–H groups in total. The van der Waals surface area contributed by atoms with E-state index in [2.05, 4.69) is 20.3 Å². The quantitative estimate of drug-likeness (QED) is 0.488. The predicted molar refractivity (Wildman–Crippen MR) is 108 cm³/mol. The van der Waals surface area contributed by atoms with Gasteiger partial charge in [0.1, 0.15) is 11.4 Å². The van der Waals surface area contributed by atoms with Gasteiger partial charge in [-0.05, 0) is 30.5 Å². The average molecular weight is 382 g/mol. The molecule has 0 spiro atoms. The van der Waals surface area contributed by atoms with Crippen molar-refractivity contribution >= 4 is 23.5 Å². The number of hydrogen-bond donors (Lipinski definition) is 3. The topological polar surface area (TPSA) is 90.9 Å². The number of nitrogens with zero attached hydrogens (tertiary/aromatic N) is 2. The van der Waals surface area contributed by atoms with Crippen molar-refractivity contribution in [1.29, 1.82) is 0 Å². The molecular weight excluding hydrogens is 360 g/mol. The Bertz CT molecular complexity index is 896. The van der Waals surface area contributed by atoms with E-state index >= 15 is 0 Å². The highest BCUT2D eigenvalue weighted by Gasteiger charge is 2.13. The van der Waals surface area contributed by atoms with Crippen LogP contribution in [0.1, 0.15) is 32.9 Å². The Morgan fingerprint density at radius 1 is 1.22 bits per heavy atom. The highest BCUT2D eigenvalue weighted by Crippen LogP contribution is 2.18. The van der Waals surface area contributed by atoms with E-state index in [1.54, 1.807) is 30.4 Å². The molecule has 0 fully saturated rings. The minimum atomic E-state index is -0.972. The molecular formula is C20H22N4O2S. The van der Waals surface area contributed by atoms with Crippen molar-refractivity contribution in [2.75, 3.05) is 17.6 Å². The van der Waals surface area contributed by atoms with Gasteiger partial charge in [0, 0.05) is 29.9 Å². The highest BCUT2D eigenvalue weighted by molar-refractivity contribution is 7.98. The summed E-state index contributed by atoms with van der Waals surface area (Å²) in [6, 6.07) is 11.6. The number of hydrogen-bond acceptors (Lipinski definition) is 5. The summed E-state index contributed by atoms with van der Waals surface area (Å²) in [5, 5.41) is 12.7. The first-order valence-electron chi connectivity index (χ1n) is 8.70. The molecule has 0 aliphatic rings. The number of carboxylic acids is 1. The van der Waals surface area contributed by atoms with E-state index in [9.17, 15) is 9.90 Å². The van der Waals surface area contributed by atoms with Crippen molar-refractivity contribution in [3.63, 3.8) is 0 Å². The van der Waals surface area contributed by atoms with Crippen molar-refractivity contribution < 1.29 is 9.90 Å². The van der Waals surface area contributed by atoms with Gasteiger partial charge in [-0.25, -0.2) is 14.8 Å².